The van der Waals surface area contributed by atoms with E-state index in [-0.39, 0.29) is 0 Å². The fourth-order valence-electron chi connectivity index (χ4n) is 2.80. The molecule has 0 saturated heterocycles. The normalized spacial score (nSPS) is 10.4. The first kappa shape index (κ1) is 20.1. The van der Waals surface area contributed by atoms with Crippen LogP contribution in [0.3, 0.4) is 0 Å². The highest BCUT2D eigenvalue weighted by molar-refractivity contribution is 6.30. The lowest BCUT2D eigenvalue weighted by molar-refractivity contribution is 0.134. The molecule has 3 aromatic carbocycles. The fraction of sp³-hybridized carbons (Fsp3) is 0.200. The molecule has 0 unspecified atom stereocenters. The lowest BCUT2D eigenvalue weighted by Gasteiger charge is -2.05. The maximum atomic E-state index is 13.8. The Hall–Kier alpha value is -2.60. The predicted octanol–water partition coefficient (Wildman–Crippen LogP) is 6.20. The van der Waals surface area contributed by atoms with E-state index >= 15 is 0 Å². The van der Waals surface area contributed by atoms with Crippen LogP contribution in [0.5, 0.6) is 0 Å². The number of rotatable bonds is 6. The first-order chi connectivity index (χ1) is 13.6. The van der Waals surface area contributed by atoms with E-state index in [0.717, 1.165) is 25.0 Å². The second-order valence-electron chi connectivity index (χ2n) is 6.52. The third-order valence-corrected chi connectivity index (χ3v) is 4.66. The third kappa shape index (κ3) is 5.96. The fourth-order valence-corrected chi connectivity index (χ4v) is 2.95. The molecule has 142 valence electrons. The molecule has 0 heterocycles. The Morgan fingerprint density at radius 3 is 2.04 bits per heavy atom. The summed E-state index contributed by atoms with van der Waals surface area (Å²) in [5.74, 6) is 5.46. The predicted molar refractivity (Wildman–Crippen MR) is 113 cm³/mol. The summed E-state index contributed by atoms with van der Waals surface area (Å²) in [6.07, 6.45) is 1.94. The van der Waals surface area contributed by atoms with Gasteiger partial charge in [0.15, 0.2) is 0 Å². The smallest absolute Gasteiger partial charge is 0.140 e. The zero-order chi connectivity index (χ0) is 19.8. The summed E-state index contributed by atoms with van der Waals surface area (Å²) in [6, 6.07) is 21.2. The first-order valence-corrected chi connectivity index (χ1v) is 9.73. The summed E-state index contributed by atoms with van der Waals surface area (Å²) < 4.78 is 19.2. The molecule has 3 heteroatoms. The molecule has 0 atom stereocenters. The maximum Gasteiger partial charge on any atom is 0.140 e. The van der Waals surface area contributed by atoms with Crippen molar-refractivity contribution in [1.82, 2.24) is 0 Å². The molecule has 0 aliphatic carbocycles. The zero-order valence-electron chi connectivity index (χ0n) is 15.8. The van der Waals surface area contributed by atoms with E-state index in [2.05, 4.69) is 48.2 Å². The molecular weight excluding hydrogens is 371 g/mol. The van der Waals surface area contributed by atoms with Gasteiger partial charge in [-0.05, 0) is 66.8 Å². The summed E-state index contributed by atoms with van der Waals surface area (Å²) >= 11 is 5.76. The molecule has 28 heavy (non-hydrogen) atoms. The quantitative estimate of drug-likeness (QED) is 0.454. The highest BCUT2D eigenvalue weighted by Crippen LogP contribution is 2.14. The average molecular weight is 393 g/mol. The molecule has 0 bridgehead atoms. The van der Waals surface area contributed by atoms with Gasteiger partial charge in [0.2, 0.25) is 0 Å². The molecular formula is C25H22ClFO. The molecule has 0 saturated carbocycles. The van der Waals surface area contributed by atoms with E-state index in [0.29, 0.717) is 17.2 Å². The van der Waals surface area contributed by atoms with Gasteiger partial charge in [-0.15, -0.1) is 0 Å². The molecule has 0 amide bonds. The number of aryl methyl sites for hydroxylation is 2. The Kier molecular flexibility index (Phi) is 7.25. The van der Waals surface area contributed by atoms with Crippen molar-refractivity contribution in [3.63, 3.8) is 0 Å². The van der Waals surface area contributed by atoms with Crippen LogP contribution in [0.2, 0.25) is 5.02 Å². The Morgan fingerprint density at radius 2 is 1.43 bits per heavy atom. The molecule has 0 aliphatic rings. The lowest BCUT2D eigenvalue weighted by atomic mass is 10.0. The third-order valence-electron chi connectivity index (χ3n) is 4.42. The molecule has 3 aromatic rings. The van der Waals surface area contributed by atoms with Crippen LogP contribution < -0.4 is 0 Å². The van der Waals surface area contributed by atoms with Gasteiger partial charge in [-0.3, -0.25) is 0 Å². The topological polar surface area (TPSA) is 9.23 Å². The highest BCUT2D eigenvalue weighted by Gasteiger charge is 2.00. The zero-order valence-corrected chi connectivity index (χ0v) is 16.6. The summed E-state index contributed by atoms with van der Waals surface area (Å²) in [4.78, 5) is 0. The van der Waals surface area contributed by atoms with E-state index in [9.17, 15) is 4.39 Å². The molecule has 0 fully saturated rings. The molecule has 0 aliphatic heterocycles. The minimum atomic E-state index is -0.399. The number of hydrogen-bond donors (Lipinski definition) is 0. The lowest BCUT2D eigenvalue weighted by Crippen LogP contribution is -1.94. The van der Waals surface area contributed by atoms with Crippen LogP contribution in [0.4, 0.5) is 4.39 Å². The SMILES string of the molecule is CCOCc1ccc(CCc2ccc(C#Cc3ccc(Cl)cc3F)cc2)cc1. The van der Waals surface area contributed by atoms with Gasteiger partial charge in [0.05, 0.1) is 12.2 Å². The van der Waals surface area contributed by atoms with Crippen molar-refractivity contribution in [2.45, 2.75) is 26.4 Å². The van der Waals surface area contributed by atoms with Crippen molar-refractivity contribution in [2.24, 2.45) is 0 Å². The molecule has 0 N–H and O–H groups in total. The minimum absolute atomic E-state index is 0.348. The van der Waals surface area contributed by atoms with Gasteiger partial charge in [0.1, 0.15) is 5.82 Å². The van der Waals surface area contributed by atoms with Crippen LogP contribution >= 0.6 is 11.6 Å². The Morgan fingerprint density at radius 1 is 0.821 bits per heavy atom. The number of hydrogen-bond acceptors (Lipinski definition) is 1. The molecule has 0 radical (unpaired) electrons. The van der Waals surface area contributed by atoms with E-state index in [1.807, 2.05) is 19.1 Å². The standard InChI is InChI=1S/C25H22ClFO/c1-2-28-18-22-11-9-20(10-12-22)4-3-19-5-7-21(8-6-19)13-14-23-15-16-24(26)17-25(23)27/h5-12,15-17H,2-4,18H2,1H3. The van der Waals surface area contributed by atoms with Crippen molar-refractivity contribution in [1.29, 1.82) is 0 Å². The van der Waals surface area contributed by atoms with Gasteiger partial charge in [-0.1, -0.05) is 59.8 Å². The molecule has 3 rings (SSSR count). The Bertz CT molecular complexity index is 966. The Balaban J connectivity index is 1.57. The largest absolute Gasteiger partial charge is 0.377 e. The van der Waals surface area contributed by atoms with Crippen molar-refractivity contribution in [3.8, 4) is 11.8 Å². The van der Waals surface area contributed by atoms with E-state index in [1.54, 1.807) is 12.1 Å². The van der Waals surface area contributed by atoms with Gasteiger partial charge in [0.25, 0.3) is 0 Å². The van der Waals surface area contributed by atoms with E-state index < -0.39 is 5.82 Å². The van der Waals surface area contributed by atoms with E-state index in [1.165, 1.54) is 22.8 Å². The molecule has 0 aromatic heterocycles. The van der Waals surface area contributed by atoms with Gasteiger partial charge in [0, 0.05) is 17.2 Å². The van der Waals surface area contributed by atoms with Crippen molar-refractivity contribution in [2.75, 3.05) is 6.61 Å². The second-order valence-corrected chi connectivity index (χ2v) is 6.96. The van der Waals surface area contributed by atoms with Crippen LogP contribution in [0, 0.1) is 17.7 Å². The molecule has 0 spiro atoms. The number of halogens is 2. The molecule has 1 nitrogen and oxygen atoms in total. The van der Waals surface area contributed by atoms with Crippen LogP contribution in [0.15, 0.2) is 66.7 Å². The summed E-state index contributed by atoms with van der Waals surface area (Å²) in [7, 11) is 0. The summed E-state index contributed by atoms with van der Waals surface area (Å²) in [5, 5.41) is 0.372. The van der Waals surface area contributed by atoms with Crippen molar-refractivity contribution in [3.05, 3.63) is 105 Å². The maximum absolute atomic E-state index is 13.8. The number of benzene rings is 3. The minimum Gasteiger partial charge on any atom is -0.377 e. The monoisotopic (exact) mass is 392 g/mol. The first-order valence-electron chi connectivity index (χ1n) is 9.35. The van der Waals surface area contributed by atoms with Crippen LogP contribution in [-0.4, -0.2) is 6.61 Å². The highest BCUT2D eigenvalue weighted by atomic mass is 35.5. The van der Waals surface area contributed by atoms with Gasteiger partial charge in [-0.2, -0.15) is 0 Å². The van der Waals surface area contributed by atoms with E-state index in [4.69, 9.17) is 16.3 Å². The van der Waals surface area contributed by atoms with Crippen LogP contribution in [0.25, 0.3) is 0 Å². The van der Waals surface area contributed by atoms with Crippen LogP contribution in [-0.2, 0) is 24.2 Å². The van der Waals surface area contributed by atoms with Crippen molar-refractivity contribution < 1.29 is 9.13 Å². The van der Waals surface area contributed by atoms with Gasteiger partial charge in [-0.25, -0.2) is 4.39 Å². The average Bonchev–Trinajstić information content (AvgIpc) is 2.71. The summed E-state index contributed by atoms with van der Waals surface area (Å²) in [6.45, 7) is 3.40. The summed E-state index contributed by atoms with van der Waals surface area (Å²) in [5.41, 5.74) is 4.97. The van der Waals surface area contributed by atoms with Gasteiger partial charge < -0.3 is 4.74 Å². The van der Waals surface area contributed by atoms with Gasteiger partial charge >= 0.3 is 0 Å². The second kappa shape index (κ2) is 10.1. The number of ether oxygens (including phenoxy) is 1. The van der Waals surface area contributed by atoms with Crippen LogP contribution in [0.1, 0.15) is 34.7 Å². The Labute approximate surface area is 171 Å². The van der Waals surface area contributed by atoms with Crippen molar-refractivity contribution >= 4 is 11.6 Å².